The van der Waals surface area contributed by atoms with Crippen LogP contribution in [0.4, 0.5) is 0 Å². The number of aromatic carboxylic acids is 1. The zero-order valence-electron chi connectivity index (χ0n) is 22.9. The van der Waals surface area contributed by atoms with Crippen LogP contribution in [-0.4, -0.2) is 122 Å². The van der Waals surface area contributed by atoms with Gasteiger partial charge in [-0.2, -0.15) is 0 Å². The molecule has 0 amide bonds. The third kappa shape index (κ3) is 3.81. The smallest absolute Gasteiger partial charge is 0.341 e. The summed E-state index contributed by atoms with van der Waals surface area (Å²) < 4.78 is 0.992. The fraction of sp³-hybridized carbons (Fsp3) is 0.292. The summed E-state index contributed by atoms with van der Waals surface area (Å²) in [5.74, 6) is -1.35. The summed E-state index contributed by atoms with van der Waals surface area (Å²) in [5, 5.41) is -1.56. The Morgan fingerprint density at radius 2 is 1.33 bits per heavy atom. The number of hydrogen-bond acceptors (Lipinski definition) is 5. The Bertz CT molecular complexity index is 1820. The number of carbonyl (C=O) groups is 1. The van der Waals surface area contributed by atoms with Gasteiger partial charge in [0.2, 0.25) is 0 Å². The molecule has 0 saturated heterocycles. The first-order valence-corrected chi connectivity index (χ1v) is 12.6. The monoisotopic (exact) mass is 539 g/mol. The Morgan fingerprint density at radius 3 is 1.84 bits per heavy atom. The highest BCUT2D eigenvalue weighted by Crippen LogP contribution is 2.83. The largest absolute Gasteiger partial charge is 0.477 e. The zero-order chi connectivity index (χ0) is 32.1. The number of nitrogens with zero attached hydrogens (tertiary/aromatic N) is 4. The van der Waals surface area contributed by atoms with E-state index in [1.807, 2.05) is 0 Å². The van der Waals surface area contributed by atoms with Crippen molar-refractivity contribution in [2.45, 2.75) is 38.3 Å². The molecule has 8 nitrogen and oxygen atoms in total. The average Bonchev–Trinajstić information content (AvgIpc) is 3.32. The van der Waals surface area contributed by atoms with Crippen molar-refractivity contribution in [3.63, 3.8) is 0 Å². The minimum absolute atomic E-state index is 0.0528. The van der Waals surface area contributed by atoms with Crippen molar-refractivity contribution >= 4 is 97.9 Å². The number of aromatic amines is 1. The van der Waals surface area contributed by atoms with E-state index in [-0.39, 0.29) is 33.9 Å². The maximum atomic E-state index is 13.1. The van der Waals surface area contributed by atoms with Crippen molar-refractivity contribution in [3.8, 4) is 22.6 Å². The van der Waals surface area contributed by atoms with Crippen molar-refractivity contribution < 1.29 is 9.90 Å². The van der Waals surface area contributed by atoms with Crippen LogP contribution in [0.5, 0.6) is 0 Å². The quantitative estimate of drug-likeness (QED) is 0.317. The van der Waals surface area contributed by atoms with E-state index in [9.17, 15) is 14.7 Å². The molecular formula is C24H12B11N5O3. The molecule has 19 heteroatoms. The molecule has 1 aliphatic rings. The van der Waals surface area contributed by atoms with Crippen LogP contribution in [0.1, 0.15) is 21.6 Å². The van der Waals surface area contributed by atoms with Crippen LogP contribution >= 0.6 is 0 Å². The Kier molecular flexibility index (Phi) is 6.89. The van der Waals surface area contributed by atoms with Gasteiger partial charge in [0.05, 0.1) is 97.7 Å². The van der Waals surface area contributed by atoms with Crippen molar-refractivity contribution in [2.75, 3.05) is 0 Å². The second kappa shape index (κ2) is 9.45. The number of aryl methyl sites for hydroxylation is 1. The van der Waals surface area contributed by atoms with Crippen LogP contribution in [0.25, 0.3) is 28.3 Å². The van der Waals surface area contributed by atoms with E-state index in [1.54, 1.807) is 6.92 Å². The Balaban J connectivity index is 1.67. The molecule has 0 bridgehead atoms. The van der Waals surface area contributed by atoms with Gasteiger partial charge in [-0.3, -0.25) is 19.9 Å². The summed E-state index contributed by atoms with van der Waals surface area (Å²) in [4.78, 5) is 38.2. The van der Waals surface area contributed by atoms with Gasteiger partial charge in [-0.15, -0.1) is 26.1 Å². The minimum atomic E-state index is -2.43. The number of H-pyrrole nitrogens is 1. The third-order valence-corrected chi connectivity index (χ3v) is 8.63. The standard InChI is InChI=1S/C24H12B11N5O3/c1-9-15(37-7-6-36-9)16-14(18(42)43)17-38-12(8-13(41)40(17)39-16)10-2-4-11(5-3-10)19(25)20(26,27)22(30,31)24(34,35)23(32,33)21(19,28)29/h2-8,39H,1H3,(H,42,43). The molecule has 0 aliphatic heterocycles. The lowest BCUT2D eigenvalue weighted by Crippen LogP contribution is -2.70. The van der Waals surface area contributed by atoms with Crippen molar-refractivity contribution in [3.05, 3.63) is 69.9 Å². The van der Waals surface area contributed by atoms with Crippen LogP contribution in [0.2, 0.25) is 26.1 Å². The molecule has 22 radical (unpaired) electrons. The van der Waals surface area contributed by atoms with E-state index in [1.165, 1.54) is 42.7 Å². The molecule has 0 spiro atoms. The average molecular weight is 537 g/mol. The summed E-state index contributed by atoms with van der Waals surface area (Å²) in [5.41, 5.74) is 0.199. The molecule has 2 N–H and O–H groups in total. The summed E-state index contributed by atoms with van der Waals surface area (Å²) >= 11 is 0. The number of benzene rings is 1. The van der Waals surface area contributed by atoms with Crippen LogP contribution < -0.4 is 5.56 Å². The number of aromatic nitrogens is 5. The minimum Gasteiger partial charge on any atom is -0.477 e. The normalized spacial score (nSPS) is 20.8. The van der Waals surface area contributed by atoms with Gasteiger partial charge in [-0.1, -0.05) is 35.1 Å². The summed E-state index contributed by atoms with van der Waals surface area (Å²) in [6.07, 6.45) is 2.85. The van der Waals surface area contributed by atoms with Crippen LogP contribution in [0, 0.1) is 6.92 Å². The number of carboxylic acid groups (broad SMARTS) is 1. The number of carboxylic acids is 1. The molecule has 1 saturated carbocycles. The van der Waals surface area contributed by atoms with E-state index < -0.39 is 42.9 Å². The highest BCUT2D eigenvalue weighted by atomic mass is 16.4. The number of fused-ring (bicyclic) bond motifs is 1. The lowest BCUT2D eigenvalue weighted by Gasteiger charge is -2.82. The second-order valence-corrected chi connectivity index (χ2v) is 11.0. The van der Waals surface area contributed by atoms with Crippen LogP contribution in [-0.2, 0) is 5.31 Å². The third-order valence-electron chi connectivity index (χ3n) is 8.63. The van der Waals surface area contributed by atoms with E-state index in [0.29, 0.717) is 11.3 Å². The van der Waals surface area contributed by atoms with Gasteiger partial charge in [0.1, 0.15) is 17.0 Å². The molecule has 184 valence electrons. The molecule has 1 fully saturated rings. The van der Waals surface area contributed by atoms with Gasteiger partial charge in [-0.05, 0) is 6.92 Å². The predicted molar refractivity (Wildman–Crippen MR) is 172 cm³/mol. The number of rotatable bonds is 4. The molecule has 1 aliphatic carbocycles. The molecular weight excluding hydrogens is 525 g/mol. The van der Waals surface area contributed by atoms with E-state index in [0.717, 1.165) is 4.52 Å². The maximum absolute atomic E-state index is 13.1. The lowest BCUT2D eigenvalue weighted by molar-refractivity contribution is 0.0699. The van der Waals surface area contributed by atoms with Crippen LogP contribution in [0.3, 0.4) is 0 Å². The first kappa shape index (κ1) is 31.3. The molecule has 3 aromatic heterocycles. The molecule has 5 rings (SSSR count). The van der Waals surface area contributed by atoms with Gasteiger partial charge in [0.25, 0.3) is 5.56 Å². The molecule has 0 unspecified atom stereocenters. The molecule has 1 aromatic carbocycles. The summed E-state index contributed by atoms with van der Waals surface area (Å²) in [7, 11) is 69.7. The Hall–Kier alpha value is -3.10. The van der Waals surface area contributed by atoms with Crippen molar-refractivity contribution in [1.82, 2.24) is 24.6 Å². The highest BCUT2D eigenvalue weighted by Gasteiger charge is 2.69. The SMILES string of the molecule is [B]C1([B])C([B])([B])C([B])([B])C([B])(c2ccc(-c3cc(=O)n4[nH]c(-c5nccnc5C)c(C(=O)O)c4n3)cc2)C([B])([B])C1([B])[B]. The fourth-order valence-electron chi connectivity index (χ4n) is 5.62. The molecule has 4 aromatic rings. The van der Waals surface area contributed by atoms with Gasteiger partial charge in [0, 0.05) is 24.0 Å². The number of nitrogens with one attached hydrogen (secondary N) is 1. The molecule has 3 heterocycles. The lowest BCUT2D eigenvalue weighted by atomic mass is 8.96. The summed E-state index contributed by atoms with van der Waals surface area (Å²) in [6, 6.07) is 6.97. The predicted octanol–water partition coefficient (Wildman–Crippen LogP) is -1.20. The van der Waals surface area contributed by atoms with Gasteiger partial charge in [-0.25, -0.2) is 14.3 Å². The molecule has 43 heavy (non-hydrogen) atoms. The van der Waals surface area contributed by atoms with Crippen molar-refractivity contribution in [1.29, 1.82) is 0 Å². The van der Waals surface area contributed by atoms with Gasteiger partial charge in [0.15, 0.2) is 5.65 Å². The first-order chi connectivity index (χ1) is 19.7. The van der Waals surface area contributed by atoms with Gasteiger partial charge >= 0.3 is 5.97 Å². The molecule has 0 atom stereocenters. The van der Waals surface area contributed by atoms with Gasteiger partial charge < -0.3 is 5.11 Å². The second-order valence-electron chi connectivity index (χ2n) is 11.0. The van der Waals surface area contributed by atoms with Crippen molar-refractivity contribution in [2.24, 2.45) is 0 Å². The van der Waals surface area contributed by atoms with E-state index in [4.69, 9.17) is 86.3 Å². The Labute approximate surface area is 262 Å². The first-order valence-electron chi connectivity index (χ1n) is 12.6. The summed E-state index contributed by atoms with van der Waals surface area (Å²) in [6.45, 7) is 1.65. The fourth-order valence-corrected chi connectivity index (χ4v) is 5.62. The number of hydrogen-bond donors (Lipinski definition) is 2. The zero-order valence-corrected chi connectivity index (χ0v) is 22.9. The topological polar surface area (TPSA) is 113 Å². The van der Waals surface area contributed by atoms with Crippen LogP contribution in [0.15, 0.2) is 47.5 Å². The van der Waals surface area contributed by atoms with E-state index in [2.05, 4.69) is 20.1 Å². The maximum Gasteiger partial charge on any atom is 0.341 e. The Morgan fingerprint density at radius 1 is 0.814 bits per heavy atom. The highest BCUT2D eigenvalue weighted by molar-refractivity contribution is 6.72. The van der Waals surface area contributed by atoms with E-state index >= 15 is 0 Å².